The van der Waals surface area contributed by atoms with Gasteiger partial charge in [0.05, 0.1) is 17.7 Å². The molecule has 0 aliphatic carbocycles. The van der Waals surface area contributed by atoms with Gasteiger partial charge in [-0.05, 0) is 18.2 Å². The van der Waals surface area contributed by atoms with Crippen molar-refractivity contribution in [2.75, 3.05) is 19.1 Å². The SMILES string of the molecule is COc1cccc(N(C)c2nccc(C(=O)O)c2Cl)c1. The van der Waals surface area contributed by atoms with E-state index >= 15 is 0 Å². The minimum Gasteiger partial charge on any atom is -0.497 e. The molecule has 0 spiro atoms. The standard InChI is InChI=1S/C14H13ClN2O3/c1-17(9-4-3-5-10(8-9)20-2)13-12(15)11(14(18)19)6-7-16-13/h3-8H,1-2H3,(H,18,19). The van der Waals surface area contributed by atoms with Crippen LogP contribution in [0.1, 0.15) is 10.4 Å². The molecule has 0 bridgehead atoms. The van der Waals surface area contributed by atoms with Crippen molar-refractivity contribution in [3.8, 4) is 5.75 Å². The number of methoxy groups -OCH3 is 1. The summed E-state index contributed by atoms with van der Waals surface area (Å²) < 4.78 is 5.16. The largest absolute Gasteiger partial charge is 0.497 e. The number of aromatic nitrogens is 1. The number of ether oxygens (including phenoxy) is 1. The molecule has 2 aromatic rings. The smallest absolute Gasteiger partial charge is 0.337 e. The number of carboxylic acids is 1. The zero-order chi connectivity index (χ0) is 14.7. The Kier molecular flexibility index (Phi) is 4.10. The molecular weight excluding hydrogens is 280 g/mol. The minimum atomic E-state index is -1.09. The van der Waals surface area contributed by atoms with Gasteiger partial charge in [0, 0.05) is 25.0 Å². The Morgan fingerprint density at radius 2 is 2.15 bits per heavy atom. The van der Waals surface area contributed by atoms with Crippen LogP contribution in [0, 0.1) is 0 Å². The van der Waals surface area contributed by atoms with E-state index in [0.717, 1.165) is 5.69 Å². The molecule has 1 aromatic carbocycles. The van der Waals surface area contributed by atoms with Crippen LogP contribution in [0.25, 0.3) is 0 Å². The number of carboxylic acid groups (broad SMARTS) is 1. The third kappa shape index (κ3) is 2.67. The number of pyridine rings is 1. The van der Waals surface area contributed by atoms with Crippen LogP contribution in [0.2, 0.25) is 5.02 Å². The number of aromatic carboxylic acids is 1. The predicted octanol–water partition coefficient (Wildman–Crippen LogP) is 3.21. The van der Waals surface area contributed by atoms with E-state index < -0.39 is 5.97 Å². The Morgan fingerprint density at radius 3 is 2.80 bits per heavy atom. The zero-order valence-electron chi connectivity index (χ0n) is 11.0. The van der Waals surface area contributed by atoms with Crippen LogP contribution in [-0.4, -0.2) is 30.2 Å². The molecule has 2 rings (SSSR count). The van der Waals surface area contributed by atoms with E-state index in [-0.39, 0.29) is 10.6 Å². The maximum atomic E-state index is 11.1. The van der Waals surface area contributed by atoms with Gasteiger partial charge in [0.25, 0.3) is 0 Å². The predicted molar refractivity (Wildman–Crippen MR) is 77.3 cm³/mol. The second kappa shape index (κ2) is 5.79. The summed E-state index contributed by atoms with van der Waals surface area (Å²) in [5, 5.41) is 9.18. The van der Waals surface area contributed by atoms with E-state index in [1.54, 1.807) is 19.1 Å². The lowest BCUT2D eigenvalue weighted by molar-refractivity contribution is 0.0697. The number of hydrogen-bond donors (Lipinski definition) is 1. The summed E-state index contributed by atoms with van der Waals surface area (Å²) in [5.74, 6) is -0.0163. The van der Waals surface area contributed by atoms with Crippen LogP contribution in [0.15, 0.2) is 36.5 Å². The van der Waals surface area contributed by atoms with Crippen molar-refractivity contribution >= 4 is 29.1 Å². The average Bonchev–Trinajstić information content (AvgIpc) is 2.46. The molecular formula is C14H13ClN2O3. The van der Waals surface area contributed by atoms with Gasteiger partial charge in [0.15, 0.2) is 5.82 Å². The molecule has 0 aliphatic heterocycles. The van der Waals surface area contributed by atoms with Crippen molar-refractivity contribution in [3.05, 3.63) is 47.1 Å². The Morgan fingerprint density at radius 1 is 1.40 bits per heavy atom. The second-order valence-electron chi connectivity index (χ2n) is 4.06. The lowest BCUT2D eigenvalue weighted by atomic mass is 10.2. The molecule has 0 aliphatic rings. The molecule has 1 aromatic heterocycles. The highest BCUT2D eigenvalue weighted by molar-refractivity contribution is 6.36. The van der Waals surface area contributed by atoms with E-state index in [9.17, 15) is 4.79 Å². The van der Waals surface area contributed by atoms with Gasteiger partial charge in [0.2, 0.25) is 0 Å². The van der Waals surface area contributed by atoms with Crippen molar-refractivity contribution in [2.45, 2.75) is 0 Å². The van der Waals surface area contributed by atoms with E-state index in [4.69, 9.17) is 21.4 Å². The molecule has 0 saturated carbocycles. The quantitative estimate of drug-likeness (QED) is 0.937. The van der Waals surface area contributed by atoms with E-state index in [2.05, 4.69) is 4.98 Å². The summed E-state index contributed by atoms with van der Waals surface area (Å²) in [6.07, 6.45) is 1.42. The minimum absolute atomic E-state index is 0.0198. The van der Waals surface area contributed by atoms with Crippen molar-refractivity contribution in [2.24, 2.45) is 0 Å². The fourth-order valence-electron chi connectivity index (χ4n) is 1.77. The molecule has 0 fully saturated rings. The van der Waals surface area contributed by atoms with E-state index in [1.165, 1.54) is 12.3 Å². The fourth-order valence-corrected chi connectivity index (χ4v) is 2.09. The number of halogens is 1. The maximum absolute atomic E-state index is 11.1. The van der Waals surface area contributed by atoms with Gasteiger partial charge in [-0.1, -0.05) is 17.7 Å². The molecule has 6 heteroatoms. The topological polar surface area (TPSA) is 62.7 Å². The molecule has 20 heavy (non-hydrogen) atoms. The van der Waals surface area contributed by atoms with Crippen LogP contribution >= 0.6 is 11.6 Å². The lowest BCUT2D eigenvalue weighted by Crippen LogP contribution is -2.13. The lowest BCUT2D eigenvalue weighted by Gasteiger charge is -2.20. The third-order valence-corrected chi connectivity index (χ3v) is 3.23. The number of rotatable bonds is 4. The van der Waals surface area contributed by atoms with Gasteiger partial charge < -0.3 is 14.7 Å². The molecule has 0 amide bonds. The van der Waals surface area contributed by atoms with Crippen molar-refractivity contribution in [1.82, 2.24) is 4.98 Å². The van der Waals surface area contributed by atoms with Gasteiger partial charge >= 0.3 is 5.97 Å². The Bertz CT molecular complexity index is 646. The number of carbonyl (C=O) groups is 1. The molecule has 1 heterocycles. The molecule has 5 nitrogen and oxygen atoms in total. The average molecular weight is 293 g/mol. The van der Waals surface area contributed by atoms with Crippen LogP contribution < -0.4 is 9.64 Å². The summed E-state index contributed by atoms with van der Waals surface area (Å²) in [5.41, 5.74) is 0.813. The molecule has 1 N–H and O–H groups in total. The number of nitrogens with zero attached hydrogens (tertiary/aromatic N) is 2. The first-order chi connectivity index (χ1) is 9.54. The summed E-state index contributed by atoms with van der Waals surface area (Å²) in [6, 6.07) is 8.69. The molecule has 0 unspecified atom stereocenters. The molecule has 104 valence electrons. The Balaban J connectivity index is 2.45. The van der Waals surface area contributed by atoms with E-state index in [0.29, 0.717) is 11.6 Å². The highest BCUT2D eigenvalue weighted by Crippen LogP contribution is 2.32. The summed E-state index contributed by atoms with van der Waals surface area (Å²) in [6.45, 7) is 0. The highest BCUT2D eigenvalue weighted by Gasteiger charge is 2.17. The van der Waals surface area contributed by atoms with Crippen LogP contribution in [0.3, 0.4) is 0 Å². The van der Waals surface area contributed by atoms with Crippen LogP contribution in [0.4, 0.5) is 11.5 Å². The van der Waals surface area contributed by atoms with Gasteiger partial charge in [-0.3, -0.25) is 0 Å². The number of benzene rings is 1. The van der Waals surface area contributed by atoms with Gasteiger partial charge in [-0.25, -0.2) is 9.78 Å². The zero-order valence-corrected chi connectivity index (χ0v) is 11.8. The number of hydrogen-bond acceptors (Lipinski definition) is 4. The fraction of sp³-hybridized carbons (Fsp3) is 0.143. The van der Waals surface area contributed by atoms with E-state index in [1.807, 2.05) is 24.3 Å². The Labute approximate surface area is 121 Å². The number of anilines is 2. The first-order valence-corrected chi connectivity index (χ1v) is 6.18. The monoisotopic (exact) mass is 292 g/mol. The van der Waals surface area contributed by atoms with Gasteiger partial charge in [0.1, 0.15) is 5.75 Å². The van der Waals surface area contributed by atoms with Crippen molar-refractivity contribution in [1.29, 1.82) is 0 Å². The first-order valence-electron chi connectivity index (χ1n) is 5.80. The molecule has 0 atom stereocenters. The highest BCUT2D eigenvalue weighted by atomic mass is 35.5. The summed E-state index contributed by atoms with van der Waals surface area (Å²) in [4.78, 5) is 16.9. The first kappa shape index (κ1) is 14.1. The van der Waals surface area contributed by atoms with Crippen LogP contribution in [-0.2, 0) is 0 Å². The Hall–Kier alpha value is -2.27. The third-order valence-electron chi connectivity index (χ3n) is 2.86. The van der Waals surface area contributed by atoms with Crippen molar-refractivity contribution < 1.29 is 14.6 Å². The maximum Gasteiger partial charge on any atom is 0.337 e. The summed E-state index contributed by atoms with van der Waals surface area (Å²) in [7, 11) is 3.34. The summed E-state index contributed by atoms with van der Waals surface area (Å²) >= 11 is 6.11. The second-order valence-corrected chi connectivity index (χ2v) is 4.44. The van der Waals surface area contributed by atoms with Gasteiger partial charge in [-0.15, -0.1) is 0 Å². The normalized spacial score (nSPS) is 10.2. The van der Waals surface area contributed by atoms with Crippen LogP contribution in [0.5, 0.6) is 5.75 Å². The molecule has 0 radical (unpaired) electrons. The van der Waals surface area contributed by atoms with Gasteiger partial charge in [-0.2, -0.15) is 0 Å². The molecule has 0 saturated heterocycles. The van der Waals surface area contributed by atoms with Crippen molar-refractivity contribution in [3.63, 3.8) is 0 Å².